The van der Waals surface area contributed by atoms with Crippen molar-refractivity contribution in [1.29, 1.82) is 0 Å². The molecule has 2 rings (SSSR count). The molecule has 3 heteroatoms. The van der Waals surface area contributed by atoms with Crippen molar-refractivity contribution in [2.45, 2.75) is 39.2 Å². The molecule has 2 N–H and O–H groups in total. The van der Waals surface area contributed by atoms with Crippen LogP contribution in [0.2, 0.25) is 0 Å². The summed E-state index contributed by atoms with van der Waals surface area (Å²) < 4.78 is 0. The van der Waals surface area contributed by atoms with Crippen LogP contribution in [0.1, 0.15) is 31.7 Å². The van der Waals surface area contributed by atoms with Crippen molar-refractivity contribution in [3.05, 3.63) is 47.9 Å². The van der Waals surface area contributed by atoms with Gasteiger partial charge in [0, 0.05) is 24.2 Å². The summed E-state index contributed by atoms with van der Waals surface area (Å²) >= 11 is 0. The van der Waals surface area contributed by atoms with Crippen molar-refractivity contribution in [3.63, 3.8) is 0 Å². The standard InChI is InChI=1S/C16H21N3/c1-3-13-5-7-14(8-6-13)15-10-11-18-16(19-15)9-4-12(2)17/h5-8,10-12H,3-4,9,17H2,1-2H3. The van der Waals surface area contributed by atoms with Crippen LogP contribution in [0.3, 0.4) is 0 Å². The predicted octanol–water partition coefficient (Wildman–Crippen LogP) is 2.99. The lowest BCUT2D eigenvalue weighted by atomic mass is 10.1. The molecule has 0 aliphatic rings. The highest BCUT2D eigenvalue weighted by Crippen LogP contribution is 2.17. The lowest BCUT2D eigenvalue weighted by Gasteiger charge is -2.06. The number of aromatic nitrogens is 2. The highest BCUT2D eigenvalue weighted by atomic mass is 14.9. The molecule has 0 saturated carbocycles. The van der Waals surface area contributed by atoms with E-state index in [-0.39, 0.29) is 6.04 Å². The summed E-state index contributed by atoms with van der Waals surface area (Å²) in [5, 5.41) is 0. The van der Waals surface area contributed by atoms with E-state index in [9.17, 15) is 0 Å². The molecule has 0 aliphatic heterocycles. The summed E-state index contributed by atoms with van der Waals surface area (Å²) in [7, 11) is 0. The van der Waals surface area contributed by atoms with Gasteiger partial charge in [-0.2, -0.15) is 0 Å². The van der Waals surface area contributed by atoms with Gasteiger partial charge in [-0.1, -0.05) is 31.2 Å². The summed E-state index contributed by atoms with van der Waals surface area (Å²) in [5.41, 5.74) is 9.23. The van der Waals surface area contributed by atoms with Crippen molar-refractivity contribution in [3.8, 4) is 11.3 Å². The minimum atomic E-state index is 0.191. The van der Waals surface area contributed by atoms with E-state index >= 15 is 0 Å². The molecule has 0 amide bonds. The number of nitrogens with zero attached hydrogens (tertiary/aromatic N) is 2. The third kappa shape index (κ3) is 3.86. The highest BCUT2D eigenvalue weighted by molar-refractivity contribution is 5.58. The quantitative estimate of drug-likeness (QED) is 0.893. The molecule has 0 fully saturated rings. The molecule has 0 aliphatic carbocycles. The summed E-state index contributed by atoms with van der Waals surface area (Å²) in [5.74, 6) is 0.870. The molecule has 0 spiro atoms. The Balaban J connectivity index is 2.17. The molecular formula is C16H21N3. The van der Waals surface area contributed by atoms with Gasteiger partial charge in [0.15, 0.2) is 0 Å². The monoisotopic (exact) mass is 255 g/mol. The molecule has 1 unspecified atom stereocenters. The lowest BCUT2D eigenvalue weighted by molar-refractivity contribution is 0.648. The van der Waals surface area contributed by atoms with Crippen molar-refractivity contribution < 1.29 is 0 Å². The van der Waals surface area contributed by atoms with E-state index in [1.54, 1.807) is 0 Å². The number of benzene rings is 1. The van der Waals surface area contributed by atoms with Crippen LogP contribution in [0.5, 0.6) is 0 Å². The van der Waals surface area contributed by atoms with Gasteiger partial charge in [-0.3, -0.25) is 0 Å². The zero-order valence-electron chi connectivity index (χ0n) is 11.6. The van der Waals surface area contributed by atoms with Gasteiger partial charge in [0.25, 0.3) is 0 Å². The van der Waals surface area contributed by atoms with Crippen LogP contribution in [0.25, 0.3) is 11.3 Å². The van der Waals surface area contributed by atoms with Crippen molar-refractivity contribution in [2.24, 2.45) is 5.73 Å². The van der Waals surface area contributed by atoms with Gasteiger partial charge in [0.05, 0.1) is 5.69 Å². The van der Waals surface area contributed by atoms with E-state index in [1.807, 2.05) is 19.2 Å². The van der Waals surface area contributed by atoms with E-state index in [1.165, 1.54) is 5.56 Å². The van der Waals surface area contributed by atoms with Crippen LogP contribution in [0.4, 0.5) is 0 Å². The molecule has 0 radical (unpaired) electrons. The fraction of sp³-hybridized carbons (Fsp3) is 0.375. The Bertz CT molecular complexity index is 518. The molecule has 0 bridgehead atoms. The number of aryl methyl sites for hydroxylation is 2. The van der Waals surface area contributed by atoms with E-state index in [0.29, 0.717) is 0 Å². The SMILES string of the molecule is CCc1ccc(-c2ccnc(CCC(C)N)n2)cc1. The molecule has 3 nitrogen and oxygen atoms in total. The molecule has 2 aromatic rings. The second kappa shape index (κ2) is 6.43. The smallest absolute Gasteiger partial charge is 0.129 e. The molecule has 19 heavy (non-hydrogen) atoms. The number of hydrogen-bond donors (Lipinski definition) is 1. The van der Waals surface area contributed by atoms with Crippen LogP contribution in [-0.4, -0.2) is 16.0 Å². The van der Waals surface area contributed by atoms with Gasteiger partial charge in [-0.25, -0.2) is 9.97 Å². The Labute approximate surface area is 114 Å². The van der Waals surface area contributed by atoms with Crippen LogP contribution in [0, 0.1) is 0 Å². The average Bonchev–Trinajstić information content (AvgIpc) is 2.45. The second-order valence-corrected chi connectivity index (χ2v) is 4.92. The Morgan fingerprint density at radius 3 is 2.53 bits per heavy atom. The van der Waals surface area contributed by atoms with Gasteiger partial charge in [0.2, 0.25) is 0 Å². The maximum Gasteiger partial charge on any atom is 0.129 e. The lowest BCUT2D eigenvalue weighted by Crippen LogP contribution is -2.16. The first-order valence-corrected chi connectivity index (χ1v) is 6.86. The third-order valence-corrected chi connectivity index (χ3v) is 3.19. The minimum Gasteiger partial charge on any atom is -0.328 e. The summed E-state index contributed by atoms with van der Waals surface area (Å²) in [6.45, 7) is 4.17. The predicted molar refractivity (Wildman–Crippen MR) is 78.8 cm³/mol. The molecular weight excluding hydrogens is 234 g/mol. The fourth-order valence-electron chi connectivity index (χ4n) is 1.95. The fourth-order valence-corrected chi connectivity index (χ4v) is 1.95. The Morgan fingerprint density at radius 1 is 1.16 bits per heavy atom. The van der Waals surface area contributed by atoms with E-state index in [2.05, 4.69) is 41.2 Å². The van der Waals surface area contributed by atoms with Gasteiger partial charge in [-0.05, 0) is 31.4 Å². The van der Waals surface area contributed by atoms with Crippen LogP contribution < -0.4 is 5.73 Å². The molecule has 1 atom stereocenters. The first-order valence-electron chi connectivity index (χ1n) is 6.86. The van der Waals surface area contributed by atoms with Gasteiger partial charge in [-0.15, -0.1) is 0 Å². The van der Waals surface area contributed by atoms with Gasteiger partial charge >= 0.3 is 0 Å². The number of hydrogen-bond acceptors (Lipinski definition) is 3. The molecule has 1 aromatic heterocycles. The van der Waals surface area contributed by atoms with Gasteiger partial charge in [0.1, 0.15) is 5.82 Å². The van der Waals surface area contributed by atoms with Crippen molar-refractivity contribution in [2.75, 3.05) is 0 Å². The van der Waals surface area contributed by atoms with Crippen LogP contribution in [0.15, 0.2) is 36.5 Å². The highest BCUT2D eigenvalue weighted by Gasteiger charge is 2.03. The Hall–Kier alpha value is -1.74. The average molecular weight is 255 g/mol. The van der Waals surface area contributed by atoms with Gasteiger partial charge < -0.3 is 5.73 Å². The zero-order chi connectivity index (χ0) is 13.7. The van der Waals surface area contributed by atoms with E-state index < -0.39 is 0 Å². The third-order valence-electron chi connectivity index (χ3n) is 3.19. The maximum atomic E-state index is 5.77. The van der Waals surface area contributed by atoms with E-state index in [4.69, 9.17) is 5.73 Å². The normalized spacial score (nSPS) is 12.4. The Morgan fingerprint density at radius 2 is 1.89 bits per heavy atom. The molecule has 0 saturated heterocycles. The largest absolute Gasteiger partial charge is 0.328 e. The molecule has 100 valence electrons. The summed E-state index contributed by atoms with van der Waals surface area (Å²) in [4.78, 5) is 8.91. The number of nitrogens with two attached hydrogens (primary N) is 1. The molecule has 1 aromatic carbocycles. The van der Waals surface area contributed by atoms with Crippen LogP contribution in [-0.2, 0) is 12.8 Å². The topological polar surface area (TPSA) is 51.8 Å². The van der Waals surface area contributed by atoms with Crippen molar-refractivity contribution in [1.82, 2.24) is 9.97 Å². The minimum absolute atomic E-state index is 0.191. The summed E-state index contributed by atoms with van der Waals surface area (Å²) in [6, 6.07) is 10.7. The number of rotatable bonds is 5. The summed E-state index contributed by atoms with van der Waals surface area (Å²) in [6.07, 6.45) is 4.63. The van der Waals surface area contributed by atoms with Crippen LogP contribution >= 0.6 is 0 Å². The second-order valence-electron chi connectivity index (χ2n) is 4.92. The first kappa shape index (κ1) is 13.7. The molecule has 1 heterocycles. The maximum absolute atomic E-state index is 5.77. The van der Waals surface area contributed by atoms with E-state index in [0.717, 1.165) is 36.3 Å². The van der Waals surface area contributed by atoms with Crippen molar-refractivity contribution >= 4 is 0 Å². The first-order chi connectivity index (χ1) is 9.19. The Kier molecular flexibility index (Phi) is 4.63. The zero-order valence-corrected chi connectivity index (χ0v) is 11.6.